The maximum Gasteiger partial charge on any atom is 0.255 e. The van der Waals surface area contributed by atoms with Crippen molar-refractivity contribution in [3.63, 3.8) is 0 Å². The van der Waals surface area contributed by atoms with Crippen LogP contribution < -0.4 is 20.5 Å². The number of carbonyl (C=O) groups is 3. The van der Waals surface area contributed by atoms with Gasteiger partial charge in [0.1, 0.15) is 5.75 Å². The summed E-state index contributed by atoms with van der Waals surface area (Å²) < 4.78 is 5.98. The van der Waals surface area contributed by atoms with Crippen molar-refractivity contribution in [2.24, 2.45) is 0 Å². The molecule has 4 rings (SSSR count). The number of benzene rings is 2. The van der Waals surface area contributed by atoms with Gasteiger partial charge in [-0.05, 0) is 62.1 Å². The van der Waals surface area contributed by atoms with E-state index >= 15 is 0 Å². The van der Waals surface area contributed by atoms with Gasteiger partial charge in [-0.2, -0.15) is 0 Å². The fraction of sp³-hybridized carbons (Fsp3) is 0.318. The van der Waals surface area contributed by atoms with Crippen molar-refractivity contribution in [1.82, 2.24) is 5.43 Å². The van der Waals surface area contributed by atoms with E-state index in [0.29, 0.717) is 16.9 Å². The van der Waals surface area contributed by atoms with Gasteiger partial charge >= 0.3 is 0 Å². The molecule has 2 N–H and O–H groups in total. The number of hydrazine groups is 1. The fourth-order valence-corrected chi connectivity index (χ4v) is 3.59. The molecule has 0 bridgehead atoms. The molecule has 150 valence electrons. The van der Waals surface area contributed by atoms with Crippen LogP contribution >= 0.6 is 0 Å². The van der Waals surface area contributed by atoms with Crippen molar-refractivity contribution in [2.45, 2.75) is 44.6 Å². The Morgan fingerprint density at radius 2 is 1.79 bits per heavy atom. The minimum atomic E-state index is -0.261. The molecule has 1 saturated carbocycles. The van der Waals surface area contributed by atoms with E-state index in [2.05, 4.69) is 10.7 Å². The second-order valence-electron chi connectivity index (χ2n) is 7.32. The molecule has 7 heteroatoms. The van der Waals surface area contributed by atoms with Gasteiger partial charge in [-0.25, -0.2) is 5.01 Å². The van der Waals surface area contributed by atoms with E-state index in [1.165, 1.54) is 17.9 Å². The number of anilines is 2. The zero-order valence-corrected chi connectivity index (χ0v) is 16.0. The predicted molar refractivity (Wildman–Crippen MR) is 109 cm³/mol. The molecule has 1 saturated heterocycles. The first kappa shape index (κ1) is 19.0. The second kappa shape index (κ2) is 8.34. The number of nitrogens with one attached hydrogen (secondary N) is 2. The lowest BCUT2D eigenvalue weighted by Crippen LogP contribution is -2.50. The molecule has 2 aromatic rings. The van der Waals surface area contributed by atoms with Crippen LogP contribution in [0.4, 0.5) is 11.4 Å². The zero-order chi connectivity index (χ0) is 20.2. The first-order valence-corrected chi connectivity index (χ1v) is 9.89. The summed E-state index contributed by atoms with van der Waals surface area (Å²) >= 11 is 0. The lowest BCUT2D eigenvalue weighted by molar-refractivity contribution is -0.130. The Morgan fingerprint density at radius 3 is 2.55 bits per heavy atom. The molecule has 0 unspecified atom stereocenters. The lowest BCUT2D eigenvalue weighted by Gasteiger charge is -2.27. The number of hydrogen-bond donors (Lipinski definition) is 2. The van der Waals surface area contributed by atoms with Crippen LogP contribution in [-0.2, 0) is 9.59 Å². The third-order valence-corrected chi connectivity index (χ3v) is 5.14. The van der Waals surface area contributed by atoms with Gasteiger partial charge in [-0.3, -0.25) is 19.8 Å². The number of amides is 3. The van der Waals surface area contributed by atoms with Gasteiger partial charge in [-0.15, -0.1) is 0 Å². The lowest BCUT2D eigenvalue weighted by atomic mass is 10.1. The van der Waals surface area contributed by atoms with Gasteiger partial charge in [-0.1, -0.05) is 6.07 Å². The molecular weight excluding hydrogens is 370 g/mol. The highest BCUT2D eigenvalue weighted by Crippen LogP contribution is 2.26. The number of ether oxygens (including phenoxy) is 1. The average Bonchev–Trinajstić information content (AvgIpc) is 3.23. The van der Waals surface area contributed by atoms with Crippen molar-refractivity contribution < 1.29 is 19.1 Å². The minimum absolute atomic E-state index is 0.174. The highest BCUT2D eigenvalue weighted by molar-refractivity contribution is 6.05. The molecular formula is C22H23N3O4. The molecule has 29 heavy (non-hydrogen) atoms. The van der Waals surface area contributed by atoms with E-state index in [9.17, 15) is 14.4 Å². The monoisotopic (exact) mass is 393 g/mol. The van der Waals surface area contributed by atoms with E-state index in [0.717, 1.165) is 18.6 Å². The molecule has 3 amide bonds. The molecule has 1 heterocycles. The van der Waals surface area contributed by atoms with Crippen molar-refractivity contribution >= 4 is 29.1 Å². The van der Waals surface area contributed by atoms with Crippen molar-refractivity contribution in [2.75, 3.05) is 10.3 Å². The highest BCUT2D eigenvalue weighted by atomic mass is 16.5. The smallest absolute Gasteiger partial charge is 0.255 e. The van der Waals surface area contributed by atoms with Gasteiger partial charge in [0.05, 0.1) is 11.8 Å². The van der Waals surface area contributed by atoms with Crippen LogP contribution in [0.5, 0.6) is 5.75 Å². The number of carbonyl (C=O) groups excluding carboxylic acids is 3. The van der Waals surface area contributed by atoms with Crippen LogP contribution in [0.25, 0.3) is 0 Å². The number of hydrogen-bond acceptors (Lipinski definition) is 4. The fourth-order valence-electron chi connectivity index (χ4n) is 3.59. The Labute approximate surface area is 169 Å². The van der Waals surface area contributed by atoms with E-state index in [1.54, 1.807) is 24.3 Å². The van der Waals surface area contributed by atoms with Crippen LogP contribution in [0.15, 0.2) is 48.5 Å². The molecule has 1 aliphatic carbocycles. The topological polar surface area (TPSA) is 87.7 Å². The Morgan fingerprint density at radius 1 is 1.03 bits per heavy atom. The van der Waals surface area contributed by atoms with Crippen molar-refractivity contribution in [1.29, 1.82) is 0 Å². The van der Waals surface area contributed by atoms with Crippen LogP contribution in [-0.4, -0.2) is 23.8 Å². The van der Waals surface area contributed by atoms with E-state index < -0.39 is 0 Å². The van der Waals surface area contributed by atoms with Gasteiger partial charge in [0.25, 0.3) is 5.91 Å². The quantitative estimate of drug-likeness (QED) is 0.815. The first-order valence-electron chi connectivity index (χ1n) is 9.89. The van der Waals surface area contributed by atoms with Crippen LogP contribution in [0.3, 0.4) is 0 Å². The molecule has 0 radical (unpaired) electrons. The third-order valence-electron chi connectivity index (χ3n) is 5.14. The normalized spacial score (nSPS) is 17.2. The second-order valence-corrected chi connectivity index (χ2v) is 7.32. The zero-order valence-electron chi connectivity index (χ0n) is 16.0. The summed E-state index contributed by atoms with van der Waals surface area (Å²) in [6, 6.07) is 13.9. The maximum absolute atomic E-state index is 12.6. The van der Waals surface area contributed by atoms with Gasteiger partial charge in [0, 0.05) is 30.2 Å². The summed E-state index contributed by atoms with van der Waals surface area (Å²) in [5.74, 6) is 0.111. The summed E-state index contributed by atoms with van der Waals surface area (Å²) in [5, 5.41) is 4.09. The molecule has 0 aromatic heterocycles. The Kier molecular flexibility index (Phi) is 5.46. The summed E-state index contributed by atoms with van der Waals surface area (Å²) in [4.78, 5) is 36.1. The summed E-state index contributed by atoms with van der Waals surface area (Å²) in [5.41, 5.74) is 4.17. The standard InChI is InChI=1S/C22H23N3O4/c26-20-12-13-21(27)25(24-20)17-10-8-15(9-11-17)22(28)23-16-4-3-7-19(14-16)29-18-5-1-2-6-18/h3-4,7-11,14,18H,1-2,5-6,12-13H2,(H,23,28)(H,24,26). The van der Waals surface area contributed by atoms with Gasteiger partial charge in [0.2, 0.25) is 11.8 Å². The number of nitrogens with zero attached hydrogens (tertiary/aromatic N) is 1. The molecule has 2 fully saturated rings. The minimum Gasteiger partial charge on any atom is -0.490 e. The van der Waals surface area contributed by atoms with Gasteiger partial charge < -0.3 is 10.1 Å². The predicted octanol–water partition coefficient (Wildman–Crippen LogP) is 3.42. The molecule has 2 aromatic carbocycles. The average molecular weight is 393 g/mol. The summed E-state index contributed by atoms with van der Waals surface area (Å²) in [6.45, 7) is 0. The first-order chi connectivity index (χ1) is 14.1. The molecule has 2 aliphatic rings. The summed E-state index contributed by atoms with van der Waals surface area (Å²) in [6.07, 6.45) is 5.16. The van der Waals surface area contributed by atoms with E-state index in [-0.39, 0.29) is 36.7 Å². The Bertz CT molecular complexity index is 920. The molecule has 1 aliphatic heterocycles. The Balaban J connectivity index is 1.41. The molecule has 7 nitrogen and oxygen atoms in total. The van der Waals surface area contributed by atoms with Crippen LogP contribution in [0, 0.1) is 0 Å². The van der Waals surface area contributed by atoms with E-state index in [1.807, 2.05) is 24.3 Å². The number of rotatable bonds is 5. The van der Waals surface area contributed by atoms with Gasteiger partial charge in [0.15, 0.2) is 0 Å². The molecule has 0 spiro atoms. The third kappa shape index (κ3) is 4.56. The van der Waals surface area contributed by atoms with Crippen LogP contribution in [0.1, 0.15) is 48.9 Å². The maximum atomic E-state index is 12.6. The van der Waals surface area contributed by atoms with E-state index in [4.69, 9.17) is 4.74 Å². The largest absolute Gasteiger partial charge is 0.490 e. The van der Waals surface area contributed by atoms with Crippen molar-refractivity contribution in [3.05, 3.63) is 54.1 Å². The molecule has 0 atom stereocenters. The van der Waals surface area contributed by atoms with Crippen molar-refractivity contribution in [3.8, 4) is 5.75 Å². The highest BCUT2D eigenvalue weighted by Gasteiger charge is 2.24. The Hall–Kier alpha value is -3.35. The van der Waals surface area contributed by atoms with Crippen LogP contribution in [0.2, 0.25) is 0 Å². The SMILES string of the molecule is O=C1CCC(=O)N(c2ccc(C(=O)Nc3cccc(OC4CCCC4)c3)cc2)N1. The summed E-state index contributed by atoms with van der Waals surface area (Å²) in [7, 11) is 0.